The predicted molar refractivity (Wildman–Crippen MR) is 124 cm³/mol. The van der Waals surface area contributed by atoms with Gasteiger partial charge in [-0.25, -0.2) is 14.4 Å². The molecule has 0 aliphatic carbocycles. The molecule has 36 heavy (non-hydrogen) atoms. The van der Waals surface area contributed by atoms with Gasteiger partial charge in [-0.2, -0.15) is 13.2 Å². The average Bonchev–Trinajstić information content (AvgIpc) is 3.29. The van der Waals surface area contributed by atoms with Crippen LogP contribution in [0, 0.1) is 5.82 Å². The molecule has 1 saturated heterocycles. The molecule has 1 aliphatic heterocycles. The van der Waals surface area contributed by atoms with Crippen molar-refractivity contribution in [1.82, 2.24) is 19.4 Å². The lowest BCUT2D eigenvalue weighted by molar-refractivity contribution is -0.137. The number of nitrogens with zero attached hydrogens (tertiary/aromatic N) is 4. The van der Waals surface area contributed by atoms with Crippen LogP contribution in [0.4, 0.5) is 23.4 Å². The van der Waals surface area contributed by atoms with Gasteiger partial charge in [-0.1, -0.05) is 12.1 Å². The maximum Gasteiger partial charge on any atom is 0.418 e. The first-order valence-corrected chi connectivity index (χ1v) is 11.2. The van der Waals surface area contributed by atoms with Gasteiger partial charge in [0.05, 0.1) is 35.5 Å². The number of morpholine rings is 1. The van der Waals surface area contributed by atoms with E-state index in [1.165, 1.54) is 18.2 Å². The summed E-state index contributed by atoms with van der Waals surface area (Å²) in [6.45, 7) is 3.80. The number of halogens is 4. The summed E-state index contributed by atoms with van der Waals surface area (Å²) in [5, 5.41) is 2.70. The fourth-order valence-electron chi connectivity index (χ4n) is 4.15. The Bertz CT molecular complexity index is 1400. The van der Waals surface area contributed by atoms with Gasteiger partial charge < -0.3 is 10.1 Å². The van der Waals surface area contributed by atoms with Crippen molar-refractivity contribution in [3.63, 3.8) is 0 Å². The molecule has 11 heteroatoms. The number of fused-ring (bicyclic) bond motifs is 1. The van der Waals surface area contributed by atoms with Crippen molar-refractivity contribution >= 4 is 22.8 Å². The number of hydrogen-bond donors (Lipinski definition) is 1. The number of ether oxygens (including phenoxy) is 1. The number of benzene rings is 2. The minimum atomic E-state index is -4.70. The monoisotopic (exact) mass is 499 g/mol. The Balaban J connectivity index is 1.39. The van der Waals surface area contributed by atoms with Gasteiger partial charge in [-0.3, -0.25) is 14.3 Å². The molecule has 4 aromatic rings. The number of anilines is 1. The number of rotatable bonds is 5. The van der Waals surface area contributed by atoms with E-state index in [9.17, 15) is 22.4 Å². The van der Waals surface area contributed by atoms with E-state index in [1.54, 1.807) is 12.3 Å². The van der Waals surface area contributed by atoms with Crippen molar-refractivity contribution in [2.24, 2.45) is 0 Å². The minimum absolute atomic E-state index is 0.149. The number of aromatic nitrogens is 3. The molecule has 3 heterocycles. The fourth-order valence-corrected chi connectivity index (χ4v) is 4.15. The Labute approximate surface area is 203 Å². The number of pyridine rings is 1. The lowest BCUT2D eigenvalue weighted by Gasteiger charge is -2.26. The van der Waals surface area contributed by atoms with Gasteiger partial charge in [-0.15, -0.1) is 0 Å². The van der Waals surface area contributed by atoms with Crippen LogP contribution in [0.5, 0.6) is 0 Å². The molecule has 186 valence electrons. The molecule has 0 spiro atoms. The van der Waals surface area contributed by atoms with Crippen LogP contribution in [0.25, 0.3) is 16.7 Å². The van der Waals surface area contributed by atoms with E-state index in [4.69, 9.17) is 4.74 Å². The SMILES string of the molecule is O=C(Nc1ccc(CN2CCOCC2)cn1)c1cccc2c1ncn2-c1cc(F)ccc1C(F)(F)F. The van der Waals surface area contributed by atoms with Crippen molar-refractivity contribution in [3.8, 4) is 5.69 Å². The summed E-state index contributed by atoms with van der Waals surface area (Å²) in [5.41, 5.74) is 0.116. The Kier molecular flexibility index (Phi) is 6.42. The summed E-state index contributed by atoms with van der Waals surface area (Å²) in [4.78, 5) is 23.7. The molecule has 1 fully saturated rings. The smallest absolute Gasteiger partial charge is 0.379 e. The second-order valence-corrected chi connectivity index (χ2v) is 8.34. The molecule has 0 atom stereocenters. The average molecular weight is 499 g/mol. The van der Waals surface area contributed by atoms with E-state index in [0.29, 0.717) is 25.1 Å². The number of nitrogens with one attached hydrogen (secondary N) is 1. The van der Waals surface area contributed by atoms with Crippen LogP contribution in [0.3, 0.4) is 0 Å². The molecule has 0 bridgehead atoms. The summed E-state index contributed by atoms with van der Waals surface area (Å²) >= 11 is 0. The van der Waals surface area contributed by atoms with Crippen molar-refractivity contribution < 1.29 is 27.1 Å². The van der Waals surface area contributed by atoms with Crippen LogP contribution >= 0.6 is 0 Å². The van der Waals surface area contributed by atoms with Gasteiger partial charge >= 0.3 is 6.18 Å². The summed E-state index contributed by atoms with van der Waals surface area (Å²) in [6.07, 6.45) is -1.87. The van der Waals surface area contributed by atoms with E-state index >= 15 is 0 Å². The van der Waals surface area contributed by atoms with Crippen LogP contribution in [-0.4, -0.2) is 51.6 Å². The molecule has 1 aliphatic rings. The van der Waals surface area contributed by atoms with Crippen LogP contribution < -0.4 is 5.32 Å². The Morgan fingerprint density at radius 3 is 2.58 bits per heavy atom. The molecule has 1 amide bonds. The number of imidazole rings is 1. The molecule has 7 nitrogen and oxygen atoms in total. The molecule has 0 saturated carbocycles. The molecule has 2 aromatic carbocycles. The van der Waals surface area contributed by atoms with Gasteiger partial charge in [-0.05, 0) is 42.0 Å². The lowest BCUT2D eigenvalue weighted by atomic mass is 10.1. The maximum atomic E-state index is 13.9. The van der Waals surface area contributed by atoms with E-state index in [1.807, 2.05) is 6.07 Å². The standard InChI is InChI=1S/C25H21F4N5O2/c26-17-5-6-19(25(27,28)29)21(12-17)34-15-31-23-18(2-1-3-20(23)34)24(35)32-22-7-4-16(13-30-22)14-33-8-10-36-11-9-33/h1-7,12-13,15H,8-11,14H2,(H,30,32,35). The highest BCUT2D eigenvalue weighted by molar-refractivity contribution is 6.11. The maximum absolute atomic E-state index is 13.9. The van der Waals surface area contributed by atoms with E-state index in [-0.39, 0.29) is 16.6 Å². The first-order chi connectivity index (χ1) is 17.3. The number of amides is 1. The molecular formula is C25H21F4N5O2. The highest BCUT2D eigenvalue weighted by Crippen LogP contribution is 2.35. The summed E-state index contributed by atoms with van der Waals surface area (Å²) in [7, 11) is 0. The zero-order valence-electron chi connectivity index (χ0n) is 18.9. The Morgan fingerprint density at radius 1 is 1.06 bits per heavy atom. The van der Waals surface area contributed by atoms with E-state index in [2.05, 4.69) is 20.2 Å². The lowest BCUT2D eigenvalue weighted by Crippen LogP contribution is -2.35. The van der Waals surface area contributed by atoms with Gasteiger partial charge in [0.25, 0.3) is 5.91 Å². The predicted octanol–water partition coefficient (Wildman–Crippen LogP) is 4.66. The molecule has 1 N–H and O–H groups in total. The first kappa shape index (κ1) is 23.9. The third kappa shape index (κ3) is 4.93. The van der Waals surface area contributed by atoms with E-state index in [0.717, 1.165) is 48.2 Å². The van der Waals surface area contributed by atoms with Crippen molar-refractivity contribution in [2.75, 3.05) is 31.6 Å². The summed E-state index contributed by atoms with van der Waals surface area (Å²) in [6, 6.07) is 10.3. The van der Waals surface area contributed by atoms with Crippen LogP contribution in [0.15, 0.2) is 61.1 Å². The zero-order valence-corrected chi connectivity index (χ0v) is 18.9. The number of carbonyl (C=O) groups is 1. The third-order valence-corrected chi connectivity index (χ3v) is 5.92. The zero-order chi connectivity index (χ0) is 25.3. The number of alkyl halides is 3. The second kappa shape index (κ2) is 9.67. The number of carbonyl (C=O) groups excluding carboxylic acids is 1. The van der Waals surface area contributed by atoms with Crippen molar-refractivity contribution in [2.45, 2.75) is 12.7 Å². The van der Waals surface area contributed by atoms with Gasteiger partial charge in [0, 0.05) is 25.8 Å². The van der Waals surface area contributed by atoms with E-state index < -0.39 is 29.2 Å². The van der Waals surface area contributed by atoms with Gasteiger partial charge in [0.15, 0.2) is 0 Å². The molecule has 0 radical (unpaired) electrons. The van der Waals surface area contributed by atoms with Crippen LogP contribution in [0.2, 0.25) is 0 Å². The molecule has 0 unspecified atom stereocenters. The van der Waals surface area contributed by atoms with Gasteiger partial charge in [0.1, 0.15) is 23.5 Å². The Hall–Kier alpha value is -3.83. The molecule has 2 aromatic heterocycles. The van der Waals surface area contributed by atoms with Gasteiger partial charge in [0.2, 0.25) is 0 Å². The van der Waals surface area contributed by atoms with Crippen molar-refractivity contribution in [1.29, 1.82) is 0 Å². The Morgan fingerprint density at radius 2 is 1.86 bits per heavy atom. The van der Waals surface area contributed by atoms with Crippen LogP contribution in [0.1, 0.15) is 21.5 Å². The van der Waals surface area contributed by atoms with Crippen molar-refractivity contribution in [3.05, 3.63) is 83.6 Å². The topological polar surface area (TPSA) is 72.3 Å². The van der Waals surface area contributed by atoms with Crippen LogP contribution in [-0.2, 0) is 17.5 Å². The quantitative estimate of drug-likeness (QED) is 0.405. The first-order valence-electron chi connectivity index (χ1n) is 11.2. The largest absolute Gasteiger partial charge is 0.418 e. The highest BCUT2D eigenvalue weighted by atomic mass is 19.4. The number of para-hydroxylation sites is 1. The normalized spacial score (nSPS) is 14.8. The second-order valence-electron chi connectivity index (χ2n) is 8.34. The minimum Gasteiger partial charge on any atom is -0.379 e. The highest BCUT2D eigenvalue weighted by Gasteiger charge is 2.34. The molecular weight excluding hydrogens is 478 g/mol. The third-order valence-electron chi connectivity index (χ3n) is 5.92. The molecule has 5 rings (SSSR count). The summed E-state index contributed by atoms with van der Waals surface area (Å²) < 4.78 is 61.0. The summed E-state index contributed by atoms with van der Waals surface area (Å²) in [5.74, 6) is -1.02. The number of hydrogen-bond acceptors (Lipinski definition) is 5. The fraction of sp³-hybridized carbons (Fsp3) is 0.240.